The highest BCUT2D eigenvalue weighted by Gasteiger charge is 2.56. The van der Waals surface area contributed by atoms with E-state index in [2.05, 4.69) is 64.2 Å². The summed E-state index contributed by atoms with van der Waals surface area (Å²) in [6, 6.07) is 16.2. The molecule has 4 nitrogen and oxygen atoms in total. The van der Waals surface area contributed by atoms with E-state index in [4.69, 9.17) is 4.74 Å². The maximum Gasteiger partial charge on any atom is 0.122 e. The van der Waals surface area contributed by atoms with Gasteiger partial charge in [0, 0.05) is 45.2 Å². The van der Waals surface area contributed by atoms with Crippen molar-refractivity contribution < 1.29 is 4.74 Å². The molecule has 1 saturated heterocycles. The maximum absolute atomic E-state index is 5.56. The molecule has 4 heteroatoms. The normalized spacial score (nSPS) is 26.4. The second kappa shape index (κ2) is 6.40. The van der Waals surface area contributed by atoms with E-state index in [0.29, 0.717) is 17.5 Å². The molecule has 0 unspecified atom stereocenters. The van der Waals surface area contributed by atoms with Crippen molar-refractivity contribution in [2.24, 2.45) is 0 Å². The summed E-state index contributed by atoms with van der Waals surface area (Å²) in [6.45, 7) is 4.74. The van der Waals surface area contributed by atoms with E-state index in [1.165, 1.54) is 50.1 Å². The van der Waals surface area contributed by atoms with Gasteiger partial charge in [0.2, 0.25) is 0 Å². The summed E-state index contributed by atoms with van der Waals surface area (Å²) in [7, 11) is 4.10. The first-order chi connectivity index (χ1) is 14.2. The third-order valence-corrected chi connectivity index (χ3v) is 8.05. The van der Waals surface area contributed by atoms with Crippen LogP contribution in [0.2, 0.25) is 0 Å². The largest absolute Gasteiger partial charge is 0.496 e. The second-order valence-corrected chi connectivity index (χ2v) is 9.45. The molecule has 1 saturated carbocycles. The number of nitrogens with zero attached hydrogens (tertiary/aromatic N) is 3. The third kappa shape index (κ3) is 2.61. The molecule has 3 aliphatic heterocycles. The Kier molecular flexibility index (Phi) is 3.89. The van der Waals surface area contributed by atoms with Gasteiger partial charge in [0.1, 0.15) is 5.75 Å². The number of methoxy groups -OCH3 is 1. The molecular weight excluding hydrogens is 358 g/mol. The minimum absolute atomic E-state index is 0.418. The number of piperidine rings is 1. The van der Waals surface area contributed by atoms with E-state index in [1.54, 1.807) is 18.4 Å². The Morgan fingerprint density at radius 2 is 1.97 bits per heavy atom. The first-order valence-electron chi connectivity index (χ1n) is 11.2. The summed E-state index contributed by atoms with van der Waals surface area (Å²) in [5.74, 6) is 1.67. The van der Waals surface area contributed by atoms with E-state index in [-0.39, 0.29) is 0 Å². The minimum Gasteiger partial charge on any atom is -0.496 e. The van der Waals surface area contributed by atoms with Gasteiger partial charge in [0.05, 0.1) is 24.0 Å². The Balaban J connectivity index is 1.23. The number of hydrogen-bond donors (Lipinski definition) is 0. The fourth-order valence-electron chi connectivity index (χ4n) is 6.19. The van der Waals surface area contributed by atoms with Gasteiger partial charge < -0.3 is 19.4 Å². The predicted octanol–water partition coefficient (Wildman–Crippen LogP) is 3.90. The van der Waals surface area contributed by atoms with Crippen molar-refractivity contribution >= 4 is 11.4 Å². The van der Waals surface area contributed by atoms with Crippen LogP contribution in [0.5, 0.6) is 5.75 Å². The number of rotatable bonds is 4. The number of anilines is 2. The molecule has 3 heterocycles. The van der Waals surface area contributed by atoms with Crippen LogP contribution in [0.25, 0.3) is 0 Å². The number of likely N-dealkylation sites (tertiary alicyclic amines) is 1. The number of fused-ring (bicyclic) bond motifs is 3. The number of hydrogen-bond acceptors (Lipinski definition) is 4. The molecule has 2 aromatic rings. The molecule has 2 atom stereocenters. The van der Waals surface area contributed by atoms with Gasteiger partial charge >= 0.3 is 0 Å². The Labute approximate surface area is 174 Å². The molecule has 0 radical (unpaired) electrons. The Morgan fingerprint density at radius 1 is 1.10 bits per heavy atom. The molecule has 6 rings (SSSR count). The molecule has 0 bridgehead atoms. The fourth-order valence-corrected chi connectivity index (χ4v) is 6.19. The quantitative estimate of drug-likeness (QED) is 0.789. The van der Waals surface area contributed by atoms with Crippen molar-refractivity contribution in [2.75, 3.05) is 50.1 Å². The summed E-state index contributed by atoms with van der Waals surface area (Å²) in [6.07, 6.45) is 5.05. The van der Waals surface area contributed by atoms with Gasteiger partial charge in [-0.05, 0) is 48.9 Å². The van der Waals surface area contributed by atoms with E-state index >= 15 is 0 Å². The highest BCUT2D eigenvalue weighted by molar-refractivity contribution is 5.82. The first kappa shape index (κ1) is 17.6. The lowest BCUT2D eigenvalue weighted by molar-refractivity contribution is 0.193. The summed E-state index contributed by atoms with van der Waals surface area (Å²) < 4.78 is 5.56. The smallest absolute Gasteiger partial charge is 0.122 e. The average Bonchev–Trinajstić information content (AvgIpc) is 3.48. The molecule has 29 heavy (non-hydrogen) atoms. The van der Waals surface area contributed by atoms with Crippen LogP contribution >= 0.6 is 0 Å². The summed E-state index contributed by atoms with van der Waals surface area (Å²) in [5, 5.41) is 0. The third-order valence-electron chi connectivity index (χ3n) is 8.05. The molecule has 2 fully saturated rings. The molecule has 4 aliphatic rings. The molecule has 1 aliphatic carbocycles. The van der Waals surface area contributed by atoms with Gasteiger partial charge in [-0.3, -0.25) is 0 Å². The van der Waals surface area contributed by atoms with Gasteiger partial charge in [-0.1, -0.05) is 30.3 Å². The number of para-hydroxylation sites is 2. The van der Waals surface area contributed by atoms with Gasteiger partial charge in [0.25, 0.3) is 0 Å². The standard InChI is InChI=1S/C25H31N3O/c1-26-22-8-5-7-19-20-16-27(14-10-18-6-3-4-9-23(18)29-2)15-11-21(20)28(24(19)22)17-25(26)12-13-25/h3-9,20-21H,10-17H2,1-2H3/t20-,21-/m0/s1. The summed E-state index contributed by atoms with van der Waals surface area (Å²) >= 11 is 0. The van der Waals surface area contributed by atoms with Crippen molar-refractivity contribution in [3.05, 3.63) is 53.6 Å². The monoisotopic (exact) mass is 389 g/mol. The summed E-state index contributed by atoms with van der Waals surface area (Å²) in [4.78, 5) is 8.08. The molecule has 152 valence electrons. The van der Waals surface area contributed by atoms with Crippen LogP contribution < -0.4 is 14.5 Å². The Morgan fingerprint density at radius 3 is 2.79 bits per heavy atom. The SMILES string of the molecule is COc1ccccc1CCN1CC[C@H]2[C@@H](C1)c1cccc3c1N2CC1(CC1)N3C. The summed E-state index contributed by atoms with van der Waals surface area (Å²) in [5.41, 5.74) is 6.36. The Hall–Kier alpha value is -2.20. The van der Waals surface area contributed by atoms with Crippen molar-refractivity contribution in [2.45, 2.75) is 43.2 Å². The van der Waals surface area contributed by atoms with Crippen LogP contribution in [0.3, 0.4) is 0 Å². The van der Waals surface area contributed by atoms with E-state index in [0.717, 1.165) is 18.7 Å². The second-order valence-electron chi connectivity index (χ2n) is 9.45. The fraction of sp³-hybridized carbons (Fsp3) is 0.520. The predicted molar refractivity (Wildman–Crippen MR) is 118 cm³/mol. The topological polar surface area (TPSA) is 19.0 Å². The van der Waals surface area contributed by atoms with Crippen LogP contribution in [0.4, 0.5) is 11.4 Å². The highest BCUT2D eigenvalue weighted by atomic mass is 16.5. The molecule has 0 amide bonds. The molecule has 0 N–H and O–H groups in total. The lowest BCUT2D eigenvalue weighted by Gasteiger charge is -2.46. The van der Waals surface area contributed by atoms with Gasteiger partial charge in [-0.2, -0.15) is 0 Å². The molecule has 0 aromatic heterocycles. The van der Waals surface area contributed by atoms with Crippen LogP contribution in [0.15, 0.2) is 42.5 Å². The first-order valence-corrected chi connectivity index (χ1v) is 11.2. The molecule has 2 aromatic carbocycles. The van der Waals surface area contributed by atoms with Gasteiger partial charge in [-0.15, -0.1) is 0 Å². The van der Waals surface area contributed by atoms with Crippen LogP contribution in [-0.4, -0.2) is 56.8 Å². The number of ether oxygens (including phenoxy) is 1. The van der Waals surface area contributed by atoms with Crippen molar-refractivity contribution in [3.63, 3.8) is 0 Å². The van der Waals surface area contributed by atoms with Crippen LogP contribution in [-0.2, 0) is 6.42 Å². The number of likely N-dealkylation sites (N-methyl/N-ethyl adjacent to an activating group) is 1. The van der Waals surface area contributed by atoms with Crippen LogP contribution in [0, 0.1) is 0 Å². The Bertz CT molecular complexity index is 937. The van der Waals surface area contributed by atoms with Crippen molar-refractivity contribution in [1.29, 1.82) is 0 Å². The van der Waals surface area contributed by atoms with Crippen LogP contribution in [0.1, 0.15) is 36.3 Å². The van der Waals surface area contributed by atoms with E-state index < -0.39 is 0 Å². The van der Waals surface area contributed by atoms with Crippen molar-refractivity contribution in [1.82, 2.24) is 4.90 Å². The lowest BCUT2D eigenvalue weighted by Crippen LogP contribution is -2.54. The lowest BCUT2D eigenvalue weighted by atomic mass is 9.89. The maximum atomic E-state index is 5.56. The average molecular weight is 390 g/mol. The van der Waals surface area contributed by atoms with Gasteiger partial charge in [-0.25, -0.2) is 0 Å². The molecule has 1 spiro atoms. The van der Waals surface area contributed by atoms with E-state index in [1.807, 2.05) is 0 Å². The zero-order valence-corrected chi connectivity index (χ0v) is 17.6. The highest BCUT2D eigenvalue weighted by Crippen LogP contribution is 2.57. The molecular formula is C25H31N3O. The van der Waals surface area contributed by atoms with Crippen molar-refractivity contribution in [3.8, 4) is 5.75 Å². The zero-order valence-electron chi connectivity index (χ0n) is 17.6. The van der Waals surface area contributed by atoms with Gasteiger partial charge in [0.15, 0.2) is 0 Å². The zero-order chi connectivity index (χ0) is 19.6. The number of benzene rings is 2. The minimum atomic E-state index is 0.418. The van der Waals surface area contributed by atoms with E-state index in [9.17, 15) is 0 Å².